The number of hydrogen-bond donors (Lipinski definition) is 0. The standard InChI is InChI=1S/C45H29N/c1-2-15-32(16-3-1)46(43-24-12-14-31-26-25-30-13-4-5-17-34(30)44(31)43)33-27-28-38-37-20-8-11-23-41(37)45(42(38)29-33)39-21-9-6-18-35(39)36-19-7-10-22-40(36)45/h1-29H. The lowest BCUT2D eigenvalue weighted by molar-refractivity contribution is 0.793. The molecule has 0 saturated heterocycles. The fraction of sp³-hybridized carbons (Fsp3) is 0.0222. The lowest BCUT2D eigenvalue weighted by Gasteiger charge is -2.32. The Kier molecular flexibility index (Phi) is 5.27. The van der Waals surface area contributed by atoms with Gasteiger partial charge in [0.2, 0.25) is 0 Å². The van der Waals surface area contributed by atoms with Crippen molar-refractivity contribution in [2.45, 2.75) is 5.41 Å². The average molecular weight is 584 g/mol. The molecule has 214 valence electrons. The first kappa shape index (κ1) is 25.4. The zero-order valence-corrected chi connectivity index (χ0v) is 25.2. The first-order valence-corrected chi connectivity index (χ1v) is 16.0. The quantitative estimate of drug-likeness (QED) is 0.187. The minimum Gasteiger partial charge on any atom is -0.310 e. The van der Waals surface area contributed by atoms with Crippen molar-refractivity contribution in [1.29, 1.82) is 0 Å². The van der Waals surface area contributed by atoms with Gasteiger partial charge in [0.05, 0.1) is 11.1 Å². The van der Waals surface area contributed by atoms with Gasteiger partial charge in [0.15, 0.2) is 0 Å². The SMILES string of the molecule is c1ccc(N(c2ccc3c(c2)C2(c4ccccc4-c4ccccc42)c2ccccc2-3)c2cccc3ccc4ccccc4c23)cc1. The summed E-state index contributed by atoms with van der Waals surface area (Å²) in [7, 11) is 0. The molecule has 46 heavy (non-hydrogen) atoms. The van der Waals surface area contributed by atoms with Gasteiger partial charge in [0, 0.05) is 16.8 Å². The molecule has 2 aliphatic carbocycles. The number of benzene rings is 8. The summed E-state index contributed by atoms with van der Waals surface area (Å²) in [5.41, 5.74) is 13.8. The maximum absolute atomic E-state index is 2.48. The highest BCUT2D eigenvalue weighted by Gasteiger charge is 2.51. The molecule has 0 heterocycles. The van der Waals surface area contributed by atoms with E-state index in [4.69, 9.17) is 0 Å². The Morgan fingerprint density at radius 3 is 1.59 bits per heavy atom. The van der Waals surface area contributed by atoms with Gasteiger partial charge in [-0.1, -0.05) is 146 Å². The number of para-hydroxylation sites is 1. The Bertz CT molecular complexity index is 2430. The number of anilines is 3. The van der Waals surface area contributed by atoms with Crippen molar-refractivity contribution in [1.82, 2.24) is 0 Å². The van der Waals surface area contributed by atoms with Crippen LogP contribution in [0.1, 0.15) is 22.3 Å². The van der Waals surface area contributed by atoms with Crippen molar-refractivity contribution < 1.29 is 0 Å². The van der Waals surface area contributed by atoms with Crippen molar-refractivity contribution >= 4 is 38.6 Å². The van der Waals surface area contributed by atoms with E-state index in [0.29, 0.717) is 0 Å². The summed E-state index contributed by atoms with van der Waals surface area (Å²) >= 11 is 0. The molecular formula is C45H29N. The second-order valence-electron chi connectivity index (χ2n) is 12.4. The number of rotatable bonds is 3. The van der Waals surface area contributed by atoms with E-state index in [1.54, 1.807) is 0 Å². The number of hydrogen-bond acceptors (Lipinski definition) is 1. The van der Waals surface area contributed by atoms with E-state index in [9.17, 15) is 0 Å². The lowest BCUT2D eigenvalue weighted by Crippen LogP contribution is -2.26. The van der Waals surface area contributed by atoms with Crippen molar-refractivity contribution in [3.8, 4) is 22.3 Å². The molecule has 0 aromatic heterocycles. The van der Waals surface area contributed by atoms with E-state index in [-0.39, 0.29) is 5.41 Å². The molecule has 0 radical (unpaired) electrons. The van der Waals surface area contributed by atoms with Gasteiger partial charge in [0.25, 0.3) is 0 Å². The first-order chi connectivity index (χ1) is 22.8. The molecule has 2 aliphatic rings. The van der Waals surface area contributed by atoms with Crippen LogP contribution in [0.5, 0.6) is 0 Å². The molecule has 0 aliphatic heterocycles. The monoisotopic (exact) mass is 583 g/mol. The van der Waals surface area contributed by atoms with E-state index in [1.165, 1.54) is 71.7 Å². The highest BCUT2D eigenvalue weighted by molar-refractivity contribution is 6.15. The summed E-state index contributed by atoms with van der Waals surface area (Å²) in [5, 5.41) is 5.01. The maximum Gasteiger partial charge on any atom is 0.0726 e. The van der Waals surface area contributed by atoms with Gasteiger partial charge >= 0.3 is 0 Å². The third kappa shape index (κ3) is 3.29. The summed E-state index contributed by atoms with van der Waals surface area (Å²) in [5.74, 6) is 0. The van der Waals surface area contributed by atoms with E-state index >= 15 is 0 Å². The molecule has 0 N–H and O–H groups in total. The Labute approximate surface area is 268 Å². The fourth-order valence-corrected chi connectivity index (χ4v) is 8.45. The Morgan fingerprint density at radius 2 is 0.891 bits per heavy atom. The van der Waals surface area contributed by atoms with Crippen LogP contribution in [-0.2, 0) is 5.41 Å². The Balaban J connectivity index is 1.30. The van der Waals surface area contributed by atoms with Gasteiger partial charge < -0.3 is 4.90 Å². The smallest absolute Gasteiger partial charge is 0.0726 e. The molecule has 8 aromatic carbocycles. The Morgan fingerprint density at radius 1 is 0.348 bits per heavy atom. The topological polar surface area (TPSA) is 3.24 Å². The summed E-state index contributed by atoms with van der Waals surface area (Å²) < 4.78 is 0. The van der Waals surface area contributed by atoms with Gasteiger partial charge in [-0.25, -0.2) is 0 Å². The highest BCUT2D eigenvalue weighted by Crippen LogP contribution is 2.63. The largest absolute Gasteiger partial charge is 0.310 e. The molecule has 0 amide bonds. The molecule has 8 aromatic rings. The first-order valence-electron chi connectivity index (χ1n) is 16.0. The third-order valence-corrected chi connectivity index (χ3v) is 10.2. The fourth-order valence-electron chi connectivity index (χ4n) is 8.45. The van der Waals surface area contributed by atoms with Crippen LogP contribution in [0.15, 0.2) is 176 Å². The van der Waals surface area contributed by atoms with Gasteiger partial charge in [0.1, 0.15) is 0 Å². The summed E-state index contributed by atoms with van der Waals surface area (Å²) in [6.45, 7) is 0. The van der Waals surface area contributed by atoms with E-state index in [2.05, 4.69) is 181 Å². The van der Waals surface area contributed by atoms with Crippen LogP contribution in [0.2, 0.25) is 0 Å². The molecule has 0 atom stereocenters. The number of fused-ring (bicyclic) bond motifs is 13. The van der Waals surface area contributed by atoms with E-state index < -0.39 is 0 Å². The zero-order valence-electron chi connectivity index (χ0n) is 25.2. The third-order valence-electron chi connectivity index (χ3n) is 10.2. The van der Waals surface area contributed by atoms with Crippen molar-refractivity contribution in [2.75, 3.05) is 4.90 Å². The van der Waals surface area contributed by atoms with Gasteiger partial charge in [-0.05, 0) is 91.0 Å². The van der Waals surface area contributed by atoms with Crippen LogP contribution < -0.4 is 4.90 Å². The second kappa shape index (κ2) is 9.54. The van der Waals surface area contributed by atoms with E-state index in [0.717, 1.165) is 11.4 Å². The van der Waals surface area contributed by atoms with Gasteiger partial charge in [-0.15, -0.1) is 0 Å². The molecule has 0 fully saturated rings. The number of nitrogens with zero attached hydrogens (tertiary/aromatic N) is 1. The predicted octanol–water partition coefficient (Wildman–Crippen LogP) is 11.8. The molecule has 1 spiro atoms. The van der Waals surface area contributed by atoms with Crippen LogP contribution in [0, 0.1) is 0 Å². The highest BCUT2D eigenvalue weighted by atomic mass is 15.1. The van der Waals surface area contributed by atoms with E-state index in [1.807, 2.05) is 0 Å². The molecular weight excluding hydrogens is 555 g/mol. The summed E-state index contributed by atoms with van der Waals surface area (Å²) in [6, 6.07) is 65.0. The molecule has 0 saturated carbocycles. The summed E-state index contributed by atoms with van der Waals surface area (Å²) in [4.78, 5) is 2.46. The van der Waals surface area contributed by atoms with Crippen molar-refractivity contribution in [2.24, 2.45) is 0 Å². The molecule has 1 heteroatoms. The van der Waals surface area contributed by atoms with Crippen LogP contribution in [0.3, 0.4) is 0 Å². The molecule has 1 nitrogen and oxygen atoms in total. The minimum atomic E-state index is -0.386. The van der Waals surface area contributed by atoms with Crippen LogP contribution in [-0.4, -0.2) is 0 Å². The van der Waals surface area contributed by atoms with Crippen LogP contribution in [0.25, 0.3) is 43.8 Å². The minimum absolute atomic E-state index is 0.386. The van der Waals surface area contributed by atoms with Gasteiger partial charge in [-0.2, -0.15) is 0 Å². The van der Waals surface area contributed by atoms with Crippen LogP contribution in [0.4, 0.5) is 17.1 Å². The van der Waals surface area contributed by atoms with Crippen LogP contribution >= 0.6 is 0 Å². The Hall–Kier alpha value is -5.92. The lowest BCUT2D eigenvalue weighted by atomic mass is 9.70. The average Bonchev–Trinajstić information content (AvgIpc) is 3.59. The van der Waals surface area contributed by atoms with Gasteiger partial charge in [-0.3, -0.25) is 0 Å². The summed E-state index contributed by atoms with van der Waals surface area (Å²) in [6.07, 6.45) is 0. The second-order valence-corrected chi connectivity index (χ2v) is 12.4. The van der Waals surface area contributed by atoms with Crippen molar-refractivity contribution in [3.63, 3.8) is 0 Å². The maximum atomic E-state index is 2.48. The predicted molar refractivity (Wildman–Crippen MR) is 192 cm³/mol. The molecule has 0 bridgehead atoms. The molecule has 0 unspecified atom stereocenters. The molecule has 10 rings (SSSR count). The zero-order chi connectivity index (χ0) is 30.2. The normalized spacial score (nSPS) is 13.4. The van der Waals surface area contributed by atoms with Crippen molar-refractivity contribution in [3.05, 3.63) is 198 Å².